The molecule has 2 aromatic rings. The van der Waals surface area contributed by atoms with Crippen LogP contribution in [0.25, 0.3) is 0 Å². The summed E-state index contributed by atoms with van der Waals surface area (Å²) in [5.41, 5.74) is 1.11. The van der Waals surface area contributed by atoms with Gasteiger partial charge >= 0.3 is 0 Å². The largest absolute Gasteiger partial charge is 0.374 e. The van der Waals surface area contributed by atoms with E-state index >= 15 is 0 Å². The van der Waals surface area contributed by atoms with Crippen LogP contribution >= 0.6 is 0 Å². The first kappa shape index (κ1) is 56.4. The highest BCUT2D eigenvalue weighted by molar-refractivity contribution is 5.91. The van der Waals surface area contributed by atoms with Gasteiger partial charge in [-0.3, -0.25) is 29.0 Å². The van der Waals surface area contributed by atoms with Crippen LogP contribution < -0.4 is 21.3 Å². The smallest absolute Gasteiger partial charge is 0.245 e. The normalized spacial score (nSPS) is 28.9. The lowest BCUT2D eigenvalue weighted by molar-refractivity contribution is -0.144. The van der Waals surface area contributed by atoms with Gasteiger partial charge in [0.05, 0.1) is 48.6 Å². The van der Waals surface area contributed by atoms with E-state index in [1.807, 2.05) is 48.5 Å². The average Bonchev–Trinajstić information content (AvgIpc) is 3.64. The van der Waals surface area contributed by atoms with Gasteiger partial charge in [0.25, 0.3) is 0 Å². The number of carbonyl (C=O) groups excluding carboxylic acids is 4. The van der Waals surface area contributed by atoms with E-state index in [1.165, 1.54) is 11.1 Å². The number of benzene rings is 2. The first-order valence-corrected chi connectivity index (χ1v) is 27.1. The van der Waals surface area contributed by atoms with Crippen molar-refractivity contribution in [2.24, 2.45) is 22.7 Å². The monoisotopic (exact) mass is 985 g/mol. The molecule has 4 heterocycles. The molecule has 4 amide bonds. The standard InChI is InChI=1S/C57H92N8O6/c1-13-59-43(7)51(67)61-49(41(4)5)53(69)65-31-27-55(9)35-47(37-63(39-57(55,65)11)29-25-45-22-18-15-19-23-45)71-33-32-70-46-34-54(8)26-30-64(52(68)48(40(2)3)60-50(66)42(6)58-12)56(54,10)38-62(36-46)28-24-44-20-16-14-17-21-44/h14-23,40-43,46-49,58-59H,13,24-39H2,1-12H3,(H,60,66)(H,61,67)/t42-,43-,46+,47+,48-,49-,54-,55-,56+,57+/m0/s1. The Labute approximate surface area is 427 Å². The third-order valence-electron chi connectivity index (χ3n) is 17.5. The lowest BCUT2D eigenvalue weighted by atomic mass is 9.69. The molecule has 10 atom stereocenters. The summed E-state index contributed by atoms with van der Waals surface area (Å²) in [4.78, 5) is 65.2. The Morgan fingerprint density at radius 1 is 0.620 bits per heavy atom. The fourth-order valence-electron chi connectivity index (χ4n) is 12.3. The summed E-state index contributed by atoms with van der Waals surface area (Å²) in [5.74, 6) is -0.507. The second kappa shape index (κ2) is 24.4. The number of ether oxygens (including phenoxy) is 2. The summed E-state index contributed by atoms with van der Waals surface area (Å²) in [6.07, 6.45) is 4.92. The van der Waals surface area contributed by atoms with Crippen LogP contribution in [-0.4, -0.2) is 170 Å². The Balaban J connectivity index is 1.18. The van der Waals surface area contributed by atoms with Crippen LogP contribution in [0.4, 0.5) is 0 Å². The zero-order valence-electron chi connectivity index (χ0n) is 45.7. The van der Waals surface area contributed by atoms with Crippen molar-refractivity contribution in [3.63, 3.8) is 0 Å². The first-order valence-electron chi connectivity index (χ1n) is 27.1. The third-order valence-corrected chi connectivity index (χ3v) is 17.5. The summed E-state index contributed by atoms with van der Waals surface area (Å²) >= 11 is 0. The molecule has 0 spiro atoms. The molecule has 0 aliphatic carbocycles. The van der Waals surface area contributed by atoms with E-state index in [0.717, 1.165) is 64.7 Å². The summed E-state index contributed by atoms with van der Waals surface area (Å²) in [5, 5.41) is 12.4. The second-order valence-electron chi connectivity index (χ2n) is 23.2. The molecule has 14 nitrogen and oxygen atoms in total. The van der Waals surface area contributed by atoms with Crippen LogP contribution in [0.5, 0.6) is 0 Å². The molecule has 0 bridgehead atoms. The van der Waals surface area contributed by atoms with E-state index in [9.17, 15) is 19.2 Å². The number of rotatable bonds is 22. The molecular formula is C57H92N8O6. The molecule has 0 radical (unpaired) electrons. The van der Waals surface area contributed by atoms with E-state index < -0.39 is 35.2 Å². The van der Waals surface area contributed by atoms with Crippen LogP contribution in [0.1, 0.15) is 113 Å². The first-order chi connectivity index (χ1) is 33.7. The van der Waals surface area contributed by atoms with E-state index in [-0.39, 0.29) is 58.5 Å². The Bertz CT molecular complexity index is 2060. The van der Waals surface area contributed by atoms with Gasteiger partial charge in [-0.25, -0.2) is 0 Å². The number of nitrogens with one attached hydrogen (secondary N) is 4. The zero-order valence-corrected chi connectivity index (χ0v) is 45.7. The third kappa shape index (κ3) is 13.1. The van der Waals surface area contributed by atoms with Crippen molar-refractivity contribution >= 4 is 23.6 Å². The molecule has 4 aliphatic heterocycles. The van der Waals surface area contributed by atoms with E-state index in [1.54, 1.807) is 7.05 Å². The van der Waals surface area contributed by atoms with Crippen molar-refractivity contribution < 1.29 is 28.7 Å². The highest BCUT2D eigenvalue weighted by atomic mass is 16.5. The minimum absolute atomic E-state index is 0.00882. The van der Waals surface area contributed by atoms with Crippen molar-refractivity contribution in [2.75, 3.05) is 79.2 Å². The zero-order chi connectivity index (χ0) is 51.7. The van der Waals surface area contributed by atoms with Crippen molar-refractivity contribution in [1.82, 2.24) is 40.9 Å². The predicted octanol–water partition coefficient (Wildman–Crippen LogP) is 5.54. The molecule has 0 unspecified atom stereocenters. The van der Waals surface area contributed by atoms with Crippen LogP contribution in [0.15, 0.2) is 60.7 Å². The number of likely N-dealkylation sites (tertiary alicyclic amines) is 4. The van der Waals surface area contributed by atoms with Crippen molar-refractivity contribution in [2.45, 2.75) is 162 Å². The maximum absolute atomic E-state index is 14.8. The van der Waals surface area contributed by atoms with Gasteiger partial charge in [0.15, 0.2) is 0 Å². The molecule has 71 heavy (non-hydrogen) atoms. The summed E-state index contributed by atoms with van der Waals surface area (Å²) < 4.78 is 13.9. The fraction of sp³-hybridized carbons (Fsp3) is 0.719. The SMILES string of the molecule is CCN[C@@H](C)C(=O)N[C@H](C(=O)N1CC[C@@]2(C)C[C@@H](OCCO[C@H]3CN(CCc4ccccc4)C[C@@]4(C)N(C(=O)[C@@H](NC(=O)[C@H](C)NC)C(C)C)CC[C@@]4(C)C3)CN(CCc3ccccc3)C[C@@]12C)C(C)C. The van der Waals surface area contributed by atoms with Gasteiger partial charge in [-0.2, -0.15) is 0 Å². The molecule has 396 valence electrons. The molecule has 4 N–H and O–H groups in total. The van der Waals surface area contributed by atoms with Gasteiger partial charge in [0.1, 0.15) is 12.1 Å². The molecule has 2 aromatic carbocycles. The quantitative estimate of drug-likeness (QED) is 0.111. The van der Waals surface area contributed by atoms with Gasteiger partial charge in [0.2, 0.25) is 23.6 Å². The summed E-state index contributed by atoms with van der Waals surface area (Å²) in [6.45, 7) is 30.3. The molecular weight excluding hydrogens is 893 g/mol. The number of likely N-dealkylation sites (N-methyl/N-ethyl adjacent to an activating group) is 2. The Kier molecular flexibility index (Phi) is 19.4. The van der Waals surface area contributed by atoms with Crippen molar-refractivity contribution in [1.29, 1.82) is 0 Å². The van der Waals surface area contributed by atoms with Crippen molar-refractivity contribution in [3.05, 3.63) is 71.8 Å². The van der Waals surface area contributed by atoms with Gasteiger partial charge < -0.3 is 40.5 Å². The molecule has 4 fully saturated rings. The summed E-state index contributed by atoms with van der Waals surface area (Å²) in [7, 11) is 1.76. The van der Waals surface area contributed by atoms with E-state index in [4.69, 9.17) is 9.47 Å². The number of nitrogens with zero attached hydrogens (tertiary/aromatic N) is 4. The highest BCUT2D eigenvalue weighted by Gasteiger charge is 2.60. The lowest BCUT2D eigenvalue weighted by Crippen LogP contribution is -2.63. The predicted molar refractivity (Wildman–Crippen MR) is 283 cm³/mol. The molecule has 0 aromatic heterocycles. The average molecular weight is 985 g/mol. The van der Waals surface area contributed by atoms with Crippen LogP contribution in [0.3, 0.4) is 0 Å². The Morgan fingerprint density at radius 2 is 1.01 bits per heavy atom. The van der Waals surface area contributed by atoms with Crippen LogP contribution in [0, 0.1) is 22.7 Å². The molecule has 4 aliphatic rings. The summed E-state index contributed by atoms with van der Waals surface area (Å²) in [6, 6.07) is 19.1. The van der Waals surface area contributed by atoms with Gasteiger partial charge in [-0.1, -0.05) is 109 Å². The number of amides is 4. The number of hydrogen-bond donors (Lipinski definition) is 4. The fourth-order valence-corrected chi connectivity index (χ4v) is 12.3. The maximum atomic E-state index is 14.8. The van der Waals surface area contributed by atoms with E-state index in [2.05, 4.69) is 129 Å². The van der Waals surface area contributed by atoms with E-state index in [0.29, 0.717) is 45.9 Å². The molecule has 4 saturated heterocycles. The Hall–Kier alpha value is -3.92. The van der Waals surface area contributed by atoms with Crippen LogP contribution in [-0.2, 0) is 41.5 Å². The van der Waals surface area contributed by atoms with Gasteiger partial charge in [-0.05, 0) is 114 Å². The van der Waals surface area contributed by atoms with Crippen LogP contribution in [0.2, 0.25) is 0 Å². The number of hydrogen-bond acceptors (Lipinski definition) is 10. The number of carbonyl (C=O) groups is 4. The molecule has 6 rings (SSSR count). The lowest BCUT2D eigenvalue weighted by Gasteiger charge is -2.47. The molecule has 14 heteroatoms. The highest BCUT2D eigenvalue weighted by Crippen LogP contribution is 2.53. The Morgan fingerprint density at radius 3 is 1.38 bits per heavy atom. The second-order valence-corrected chi connectivity index (χ2v) is 23.2. The minimum atomic E-state index is -0.629. The van der Waals surface area contributed by atoms with Gasteiger partial charge in [-0.15, -0.1) is 0 Å². The van der Waals surface area contributed by atoms with Crippen molar-refractivity contribution in [3.8, 4) is 0 Å². The number of fused-ring (bicyclic) bond motifs is 2. The minimum Gasteiger partial charge on any atom is -0.374 e. The van der Waals surface area contributed by atoms with Gasteiger partial charge in [0, 0.05) is 52.4 Å². The maximum Gasteiger partial charge on any atom is 0.245 e. The topological polar surface area (TPSA) is 148 Å². The molecule has 0 saturated carbocycles.